The van der Waals surface area contributed by atoms with Crippen molar-refractivity contribution >= 4 is 22.7 Å². The monoisotopic (exact) mass is 393 g/mol. The number of fused-ring (bicyclic) bond motifs is 3. The molecule has 5 rings (SSSR count). The van der Waals surface area contributed by atoms with Crippen molar-refractivity contribution in [2.24, 2.45) is 10.8 Å². The average Bonchev–Trinajstić information content (AvgIpc) is 3.19. The lowest BCUT2D eigenvalue weighted by Crippen LogP contribution is -2.53. The molecule has 1 amide bonds. The largest absolute Gasteiger partial charge is 0.481 e. The third kappa shape index (κ3) is 3.10. The van der Waals surface area contributed by atoms with Gasteiger partial charge in [-0.05, 0) is 69.2 Å². The third-order valence-corrected chi connectivity index (χ3v) is 8.66. The lowest BCUT2D eigenvalue weighted by atomic mass is 9.53. The van der Waals surface area contributed by atoms with Gasteiger partial charge in [0.2, 0.25) is 5.91 Å². The zero-order valence-corrected chi connectivity index (χ0v) is 16.0. The molecule has 4 fully saturated rings. The number of rotatable bonds is 4. The Bertz CT molecular complexity index is 769. The smallest absolute Gasteiger partial charge is 0.309 e. The summed E-state index contributed by atoms with van der Waals surface area (Å²) in [6, 6.07) is 5.70. The molecular formula is C20H24FNO4S. The maximum Gasteiger partial charge on any atom is 0.309 e. The van der Waals surface area contributed by atoms with Crippen molar-refractivity contribution in [3.05, 3.63) is 30.1 Å². The molecule has 146 valence electrons. The van der Waals surface area contributed by atoms with Crippen LogP contribution >= 0.6 is 0 Å². The van der Waals surface area contributed by atoms with Gasteiger partial charge in [0.05, 0.1) is 21.5 Å². The number of hydrogen-bond donors (Lipinski definition) is 1. The fourth-order valence-corrected chi connectivity index (χ4v) is 6.44. The van der Waals surface area contributed by atoms with E-state index in [1.165, 1.54) is 12.1 Å². The number of nitrogens with zero attached hydrogens (tertiary/aromatic N) is 1. The van der Waals surface area contributed by atoms with Crippen LogP contribution in [0, 0.1) is 16.6 Å². The van der Waals surface area contributed by atoms with E-state index < -0.39 is 27.6 Å². The lowest BCUT2D eigenvalue weighted by molar-refractivity contribution is -0.166. The van der Waals surface area contributed by atoms with Gasteiger partial charge in [-0.2, -0.15) is 0 Å². The predicted octanol–water partition coefficient (Wildman–Crippen LogP) is 2.96. The second kappa shape index (κ2) is 6.69. The van der Waals surface area contributed by atoms with Gasteiger partial charge >= 0.3 is 5.97 Å². The lowest BCUT2D eigenvalue weighted by Gasteiger charge is -2.51. The molecule has 1 aromatic carbocycles. The fourth-order valence-electron chi connectivity index (χ4n) is 5.01. The summed E-state index contributed by atoms with van der Waals surface area (Å²) in [5.74, 6) is -0.968. The molecule has 7 heteroatoms. The predicted molar refractivity (Wildman–Crippen MR) is 98.0 cm³/mol. The van der Waals surface area contributed by atoms with Crippen LogP contribution in [0.3, 0.4) is 0 Å². The standard InChI is InChI=1S/C20H24FNO4S/c21-14-1-3-15(4-2-14)27(26)16-5-12-22(13-16)17(23)19-6-9-20(10-7-19,11-8-19)18(24)25/h1-4,16H,5-13H2,(H,24,25). The number of carbonyl (C=O) groups excluding carboxylic acids is 1. The number of carboxylic acids is 1. The summed E-state index contributed by atoms with van der Waals surface area (Å²) >= 11 is 0. The molecule has 5 nitrogen and oxygen atoms in total. The number of benzene rings is 1. The van der Waals surface area contributed by atoms with E-state index in [9.17, 15) is 23.3 Å². The molecular weight excluding hydrogens is 369 g/mol. The molecule has 3 saturated carbocycles. The van der Waals surface area contributed by atoms with E-state index in [1.807, 2.05) is 4.90 Å². The van der Waals surface area contributed by atoms with Crippen LogP contribution in [-0.4, -0.2) is 44.4 Å². The van der Waals surface area contributed by atoms with Crippen LogP contribution in [0.2, 0.25) is 0 Å². The van der Waals surface area contributed by atoms with Crippen LogP contribution in [0.25, 0.3) is 0 Å². The van der Waals surface area contributed by atoms with E-state index in [0.717, 1.165) is 0 Å². The summed E-state index contributed by atoms with van der Waals surface area (Å²) in [7, 11) is -1.27. The number of carbonyl (C=O) groups is 2. The fraction of sp³-hybridized carbons (Fsp3) is 0.600. The molecule has 1 aliphatic heterocycles. The average molecular weight is 393 g/mol. The maximum absolute atomic E-state index is 13.2. The summed E-state index contributed by atoms with van der Waals surface area (Å²) < 4.78 is 25.8. The quantitative estimate of drug-likeness (QED) is 0.853. The molecule has 2 atom stereocenters. The highest BCUT2D eigenvalue weighted by atomic mass is 32.2. The highest BCUT2D eigenvalue weighted by Crippen LogP contribution is 2.57. The van der Waals surface area contributed by atoms with Gasteiger partial charge in [-0.1, -0.05) is 0 Å². The topological polar surface area (TPSA) is 74.7 Å². The number of carboxylic acid groups (broad SMARTS) is 1. The van der Waals surface area contributed by atoms with Crippen LogP contribution in [0.1, 0.15) is 44.9 Å². The van der Waals surface area contributed by atoms with Gasteiger partial charge in [0.15, 0.2) is 0 Å². The molecule has 1 N–H and O–H groups in total. The Morgan fingerprint density at radius 3 is 2.15 bits per heavy atom. The van der Waals surface area contributed by atoms with Crippen molar-refractivity contribution < 1.29 is 23.3 Å². The Kier molecular flexibility index (Phi) is 4.61. The van der Waals surface area contributed by atoms with Gasteiger partial charge in [0, 0.05) is 23.4 Å². The van der Waals surface area contributed by atoms with E-state index >= 15 is 0 Å². The SMILES string of the molecule is O=C(O)C12CCC(C(=O)N3CCC(S(=O)c4ccc(F)cc4)C3)(CC1)CC2. The van der Waals surface area contributed by atoms with Gasteiger partial charge in [0.25, 0.3) is 0 Å². The van der Waals surface area contributed by atoms with Crippen LogP contribution in [0.4, 0.5) is 4.39 Å². The van der Waals surface area contributed by atoms with Gasteiger partial charge in [0.1, 0.15) is 5.82 Å². The summed E-state index contributed by atoms with van der Waals surface area (Å²) in [5.41, 5.74) is -1.05. The van der Waals surface area contributed by atoms with Crippen LogP contribution < -0.4 is 0 Å². The zero-order chi connectivity index (χ0) is 19.2. The van der Waals surface area contributed by atoms with Crippen molar-refractivity contribution in [1.82, 2.24) is 4.90 Å². The molecule has 3 aliphatic carbocycles. The first-order valence-corrected chi connectivity index (χ1v) is 10.8. The first kappa shape index (κ1) is 18.6. The van der Waals surface area contributed by atoms with Crippen molar-refractivity contribution in [2.45, 2.75) is 55.1 Å². The second-order valence-electron chi connectivity index (χ2n) is 8.28. The van der Waals surface area contributed by atoms with Gasteiger partial charge < -0.3 is 10.0 Å². The normalized spacial score (nSPS) is 33.8. The molecule has 4 aliphatic rings. The Hall–Kier alpha value is -1.76. The van der Waals surface area contributed by atoms with Gasteiger partial charge in [-0.15, -0.1) is 0 Å². The molecule has 2 bridgehead atoms. The van der Waals surface area contributed by atoms with E-state index in [2.05, 4.69) is 0 Å². The highest BCUT2D eigenvalue weighted by Gasteiger charge is 2.56. The number of hydrogen-bond acceptors (Lipinski definition) is 3. The molecule has 0 spiro atoms. The maximum atomic E-state index is 13.2. The van der Waals surface area contributed by atoms with Crippen LogP contribution in [-0.2, 0) is 20.4 Å². The van der Waals surface area contributed by atoms with Crippen molar-refractivity contribution in [3.63, 3.8) is 0 Å². The molecule has 1 heterocycles. The first-order chi connectivity index (χ1) is 12.9. The van der Waals surface area contributed by atoms with Crippen LogP contribution in [0.15, 0.2) is 29.2 Å². The minimum atomic E-state index is -1.27. The van der Waals surface area contributed by atoms with Crippen molar-refractivity contribution in [3.8, 4) is 0 Å². The molecule has 2 unspecified atom stereocenters. The van der Waals surface area contributed by atoms with Crippen molar-refractivity contribution in [2.75, 3.05) is 13.1 Å². The number of aliphatic carboxylic acids is 1. The molecule has 0 aromatic heterocycles. The van der Waals surface area contributed by atoms with Crippen LogP contribution in [0.5, 0.6) is 0 Å². The summed E-state index contributed by atoms with van der Waals surface area (Å²) in [5, 5.41) is 9.38. The molecule has 1 aromatic rings. The first-order valence-electron chi connectivity index (χ1n) is 9.54. The minimum absolute atomic E-state index is 0.111. The van der Waals surface area contributed by atoms with Gasteiger partial charge in [-0.3, -0.25) is 13.8 Å². The summed E-state index contributed by atoms with van der Waals surface area (Å²) in [6.45, 7) is 1.04. The zero-order valence-electron chi connectivity index (χ0n) is 15.2. The Labute approximate surface area is 160 Å². The van der Waals surface area contributed by atoms with E-state index in [4.69, 9.17) is 0 Å². The Balaban J connectivity index is 1.42. The van der Waals surface area contributed by atoms with Gasteiger partial charge in [-0.25, -0.2) is 4.39 Å². The summed E-state index contributed by atoms with van der Waals surface area (Å²) in [6.07, 6.45) is 4.32. The number of halogens is 1. The molecule has 1 saturated heterocycles. The summed E-state index contributed by atoms with van der Waals surface area (Å²) in [4.78, 5) is 27.2. The number of amides is 1. The molecule has 27 heavy (non-hydrogen) atoms. The van der Waals surface area contributed by atoms with E-state index in [0.29, 0.717) is 62.9 Å². The second-order valence-corrected chi connectivity index (χ2v) is 10.0. The Morgan fingerprint density at radius 1 is 1.04 bits per heavy atom. The van der Waals surface area contributed by atoms with E-state index in [-0.39, 0.29) is 17.0 Å². The van der Waals surface area contributed by atoms with Crippen molar-refractivity contribution in [1.29, 1.82) is 0 Å². The minimum Gasteiger partial charge on any atom is -0.481 e. The van der Waals surface area contributed by atoms with E-state index in [1.54, 1.807) is 12.1 Å². The Morgan fingerprint density at radius 2 is 1.59 bits per heavy atom. The third-order valence-electron chi connectivity index (χ3n) is 6.93. The molecule has 0 radical (unpaired) electrons. The highest BCUT2D eigenvalue weighted by molar-refractivity contribution is 7.85. The number of likely N-dealkylation sites (tertiary alicyclic amines) is 1.